The Morgan fingerprint density at radius 2 is 1.89 bits per heavy atom. The number of morpholine rings is 1. The molecule has 0 spiro atoms. The number of benzene rings is 2. The first-order chi connectivity index (χ1) is 17.2. The third-order valence-corrected chi connectivity index (χ3v) is 7.93. The Bertz CT molecular complexity index is 1280. The minimum atomic E-state index is -4.31. The van der Waals surface area contributed by atoms with Crippen molar-refractivity contribution in [3.8, 4) is 5.75 Å². The van der Waals surface area contributed by atoms with Crippen molar-refractivity contribution in [2.45, 2.75) is 19.0 Å². The summed E-state index contributed by atoms with van der Waals surface area (Å²) in [5.74, 6) is -2.67. The fourth-order valence-corrected chi connectivity index (χ4v) is 5.99. The Kier molecular flexibility index (Phi) is 6.45. The van der Waals surface area contributed by atoms with Gasteiger partial charge in [-0.15, -0.1) is 0 Å². The molecule has 3 N–H and O–H groups in total. The van der Waals surface area contributed by atoms with E-state index in [1.54, 1.807) is 9.62 Å². The van der Waals surface area contributed by atoms with Gasteiger partial charge in [0, 0.05) is 37.9 Å². The number of hydrogen-bond donors (Lipinski definition) is 3. The Morgan fingerprint density at radius 1 is 1.17 bits per heavy atom. The molecule has 0 radical (unpaired) electrons. The van der Waals surface area contributed by atoms with Gasteiger partial charge in [-0.1, -0.05) is 24.3 Å². The average molecular weight is 520 g/mol. The smallest absolute Gasteiger partial charge is 0.326 e. The largest absolute Gasteiger partial charge is 0.506 e. The van der Waals surface area contributed by atoms with E-state index in [2.05, 4.69) is 16.3 Å². The normalized spacial score (nSPS) is 21.7. The molecule has 2 aromatic rings. The second-order valence-corrected chi connectivity index (χ2v) is 10.6. The molecule has 0 aromatic heterocycles. The quantitative estimate of drug-likeness (QED) is 0.549. The molecule has 3 aliphatic heterocycles. The molecular formula is C23H26FN5O6S. The molecule has 192 valence electrons. The summed E-state index contributed by atoms with van der Waals surface area (Å²) in [4.78, 5) is 28.8. The van der Waals surface area contributed by atoms with E-state index in [0.717, 1.165) is 30.8 Å². The number of amides is 3. The van der Waals surface area contributed by atoms with Crippen LogP contribution in [0.1, 0.15) is 11.1 Å². The van der Waals surface area contributed by atoms with Gasteiger partial charge in [0.2, 0.25) is 0 Å². The number of aromatic hydroxyl groups is 1. The summed E-state index contributed by atoms with van der Waals surface area (Å²) in [6, 6.07) is 9.26. The van der Waals surface area contributed by atoms with Gasteiger partial charge in [0.05, 0.1) is 19.3 Å². The molecule has 2 fully saturated rings. The maximum Gasteiger partial charge on any atom is 0.326 e. The average Bonchev–Trinajstić information content (AvgIpc) is 3.10. The third kappa shape index (κ3) is 4.81. The van der Waals surface area contributed by atoms with Gasteiger partial charge >= 0.3 is 16.2 Å². The molecule has 5 rings (SSSR count). The van der Waals surface area contributed by atoms with Crippen LogP contribution < -0.4 is 14.3 Å². The van der Waals surface area contributed by atoms with Gasteiger partial charge in [0.1, 0.15) is 18.0 Å². The Balaban J connectivity index is 1.37. The summed E-state index contributed by atoms with van der Waals surface area (Å²) < 4.78 is 46.7. The van der Waals surface area contributed by atoms with Crippen LogP contribution in [0.25, 0.3) is 0 Å². The number of halogens is 1. The highest BCUT2D eigenvalue weighted by molar-refractivity contribution is 7.92. The van der Waals surface area contributed by atoms with E-state index in [0.29, 0.717) is 37.0 Å². The SMILES string of the molecule is O=C1CN(c2c(O)cc(NC(=O)N3Cc4ccccc4CC3CN3CCOCC3)cc2F)S(=O)(=O)N1. The topological polar surface area (TPSA) is 132 Å². The van der Waals surface area contributed by atoms with Gasteiger partial charge in [0.25, 0.3) is 5.91 Å². The Hall–Kier alpha value is -3.42. The van der Waals surface area contributed by atoms with Crippen LogP contribution in [0.4, 0.5) is 20.6 Å². The van der Waals surface area contributed by atoms with Crippen molar-refractivity contribution < 1.29 is 32.2 Å². The number of anilines is 2. The number of urea groups is 1. The third-order valence-electron chi connectivity index (χ3n) is 6.55. The molecular weight excluding hydrogens is 493 g/mol. The summed E-state index contributed by atoms with van der Waals surface area (Å²) in [6.07, 6.45) is 0.660. The lowest BCUT2D eigenvalue weighted by molar-refractivity contribution is -0.117. The molecule has 3 amide bonds. The maximum atomic E-state index is 14.9. The fraction of sp³-hybridized carbons (Fsp3) is 0.391. The molecule has 0 aliphatic carbocycles. The summed E-state index contributed by atoms with van der Waals surface area (Å²) >= 11 is 0. The van der Waals surface area contributed by atoms with Gasteiger partial charge in [0.15, 0.2) is 5.82 Å². The number of carbonyl (C=O) groups excluding carboxylic acids is 2. The number of nitrogens with zero attached hydrogens (tertiary/aromatic N) is 3. The van der Waals surface area contributed by atoms with Crippen LogP contribution in [0.15, 0.2) is 36.4 Å². The zero-order valence-electron chi connectivity index (χ0n) is 19.3. The molecule has 36 heavy (non-hydrogen) atoms. The number of fused-ring (bicyclic) bond motifs is 1. The van der Waals surface area contributed by atoms with Crippen LogP contribution in [0, 0.1) is 5.82 Å². The molecule has 13 heteroatoms. The van der Waals surface area contributed by atoms with Crippen molar-refractivity contribution in [3.05, 3.63) is 53.3 Å². The van der Waals surface area contributed by atoms with Crippen molar-refractivity contribution in [1.82, 2.24) is 14.5 Å². The standard InChI is InChI=1S/C23H26FN5O6S/c24-19-10-17(11-20(30)22(19)29-14-21(31)26-36(29,33)34)25-23(32)28-12-16-4-2-1-3-15(16)9-18(28)13-27-5-7-35-8-6-27/h1-4,10-11,18,30H,5-9,12-14H2,(H,25,32)(H,26,31). The Labute approximate surface area is 207 Å². The number of phenolic OH excluding ortho intramolecular Hbond substituents is 1. The van der Waals surface area contributed by atoms with Crippen molar-refractivity contribution in [3.63, 3.8) is 0 Å². The van der Waals surface area contributed by atoms with Crippen LogP contribution in [-0.2, 0) is 32.7 Å². The zero-order chi connectivity index (χ0) is 25.4. The lowest BCUT2D eigenvalue weighted by atomic mass is 9.94. The molecule has 2 aromatic carbocycles. The number of nitrogens with one attached hydrogen (secondary N) is 2. The second kappa shape index (κ2) is 9.56. The van der Waals surface area contributed by atoms with Gasteiger partial charge in [-0.05, 0) is 23.6 Å². The molecule has 11 nitrogen and oxygen atoms in total. The van der Waals surface area contributed by atoms with Crippen molar-refractivity contribution in [2.75, 3.05) is 49.0 Å². The summed E-state index contributed by atoms with van der Waals surface area (Å²) in [7, 11) is -4.31. The minimum absolute atomic E-state index is 0.0430. The number of carbonyl (C=O) groups is 2. The van der Waals surface area contributed by atoms with E-state index in [-0.39, 0.29) is 11.7 Å². The highest BCUT2D eigenvalue weighted by Gasteiger charge is 2.38. The predicted molar refractivity (Wildman–Crippen MR) is 128 cm³/mol. The molecule has 2 saturated heterocycles. The van der Waals surface area contributed by atoms with E-state index < -0.39 is 45.9 Å². The molecule has 3 aliphatic rings. The van der Waals surface area contributed by atoms with Crippen LogP contribution >= 0.6 is 0 Å². The first-order valence-electron chi connectivity index (χ1n) is 11.5. The highest BCUT2D eigenvalue weighted by atomic mass is 32.2. The van der Waals surface area contributed by atoms with Crippen LogP contribution in [0.3, 0.4) is 0 Å². The minimum Gasteiger partial charge on any atom is -0.506 e. The molecule has 0 saturated carbocycles. The van der Waals surface area contributed by atoms with E-state index in [1.807, 2.05) is 18.2 Å². The van der Waals surface area contributed by atoms with Gasteiger partial charge in [-0.2, -0.15) is 8.42 Å². The van der Waals surface area contributed by atoms with E-state index in [4.69, 9.17) is 4.74 Å². The molecule has 1 atom stereocenters. The number of hydrogen-bond acceptors (Lipinski definition) is 7. The maximum absolute atomic E-state index is 14.9. The monoisotopic (exact) mass is 519 g/mol. The lowest BCUT2D eigenvalue weighted by Crippen LogP contribution is -2.53. The van der Waals surface area contributed by atoms with Crippen molar-refractivity contribution in [2.24, 2.45) is 0 Å². The summed E-state index contributed by atoms with van der Waals surface area (Å²) in [6.45, 7) is 3.16. The molecule has 1 unspecified atom stereocenters. The lowest BCUT2D eigenvalue weighted by Gasteiger charge is -2.40. The van der Waals surface area contributed by atoms with Crippen LogP contribution in [0.2, 0.25) is 0 Å². The van der Waals surface area contributed by atoms with Crippen molar-refractivity contribution in [1.29, 1.82) is 0 Å². The van der Waals surface area contributed by atoms with E-state index >= 15 is 0 Å². The van der Waals surface area contributed by atoms with Crippen molar-refractivity contribution >= 4 is 33.5 Å². The van der Waals surface area contributed by atoms with Crippen LogP contribution in [0.5, 0.6) is 5.75 Å². The van der Waals surface area contributed by atoms with Gasteiger partial charge < -0.3 is 20.1 Å². The first-order valence-corrected chi connectivity index (χ1v) is 13.0. The predicted octanol–water partition coefficient (Wildman–Crippen LogP) is 1.00. The van der Waals surface area contributed by atoms with Gasteiger partial charge in [-0.25, -0.2) is 18.2 Å². The number of phenols is 1. The number of ether oxygens (including phenoxy) is 1. The summed E-state index contributed by atoms with van der Waals surface area (Å²) in [5, 5.41) is 13.0. The fourth-order valence-electron chi connectivity index (χ4n) is 4.81. The molecule has 3 heterocycles. The number of rotatable bonds is 4. The molecule has 0 bridgehead atoms. The van der Waals surface area contributed by atoms with E-state index in [9.17, 15) is 27.5 Å². The zero-order valence-corrected chi connectivity index (χ0v) is 20.1. The highest BCUT2D eigenvalue weighted by Crippen LogP contribution is 2.36. The first kappa shape index (κ1) is 24.3. The second-order valence-electron chi connectivity index (χ2n) is 8.96. The van der Waals surface area contributed by atoms with E-state index in [1.165, 1.54) is 5.56 Å². The van der Waals surface area contributed by atoms with Gasteiger partial charge in [-0.3, -0.25) is 9.69 Å². The Morgan fingerprint density at radius 3 is 2.56 bits per heavy atom. The summed E-state index contributed by atoms with van der Waals surface area (Å²) in [5.41, 5.74) is 1.48. The van der Waals surface area contributed by atoms with Crippen LogP contribution in [-0.4, -0.2) is 80.7 Å².